The van der Waals surface area contributed by atoms with Gasteiger partial charge in [-0.15, -0.1) is 0 Å². The summed E-state index contributed by atoms with van der Waals surface area (Å²) in [7, 11) is 0. The highest BCUT2D eigenvalue weighted by Crippen LogP contribution is 2.05. The second kappa shape index (κ2) is 3.44. The molecule has 1 aliphatic rings. The average molecular weight is 165 g/mol. The van der Waals surface area contributed by atoms with Gasteiger partial charge in [0.1, 0.15) is 6.33 Å². The van der Waals surface area contributed by atoms with Crippen LogP contribution in [0, 0.1) is 6.33 Å². The van der Waals surface area contributed by atoms with E-state index in [1.54, 1.807) is 0 Å². The van der Waals surface area contributed by atoms with Crippen molar-refractivity contribution in [1.82, 2.24) is 15.0 Å². The quantitative estimate of drug-likeness (QED) is 0.562. The van der Waals surface area contributed by atoms with Gasteiger partial charge >= 0.3 is 0 Å². The lowest BCUT2D eigenvalue weighted by atomic mass is 10.4. The molecule has 1 aromatic heterocycles. The largest absolute Gasteiger partial charge is 0.378 e. The first-order chi connectivity index (χ1) is 5.97. The van der Waals surface area contributed by atoms with Crippen molar-refractivity contribution >= 4 is 5.95 Å². The molecule has 63 valence electrons. The van der Waals surface area contributed by atoms with Crippen LogP contribution in [0.3, 0.4) is 0 Å². The molecule has 0 aliphatic carbocycles. The van der Waals surface area contributed by atoms with Gasteiger partial charge < -0.3 is 9.64 Å². The van der Waals surface area contributed by atoms with E-state index in [1.165, 1.54) is 6.33 Å². The normalized spacial score (nSPS) is 17.8. The van der Waals surface area contributed by atoms with Gasteiger partial charge in [-0.1, -0.05) is 0 Å². The van der Waals surface area contributed by atoms with Gasteiger partial charge in [0.15, 0.2) is 0 Å². The van der Waals surface area contributed by atoms with Gasteiger partial charge in [-0.2, -0.15) is 4.98 Å². The van der Waals surface area contributed by atoms with E-state index in [1.807, 2.05) is 0 Å². The summed E-state index contributed by atoms with van der Waals surface area (Å²) in [5.74, 6) is 0.688. The Morgan fingerprint density at radius 3 is 2.92 bits per heavy atom. The summed E-state index contributed by atoms with van der Waals surface area (Å²) in [5.41, 5.74) is 0. The molecule has 2 heterocycles. The molecule has 0 N–H and O–H groups in total. The van der Waals surface area contributed by atoms with Crippen molar-refractivity contribution in [2.45, 2.75) is 0 Å². The molecule has 0 atom stereocenters. The van der Waals surface area contributed by atoms with Crippen LogP contribution in [0.1, 0.15) is 0 Å². The minimum atomic E-state index is 0.688. The van der Waals surface area contributed by atoms with Crippen LogP contribution in [-0.2, 0) is 4.74 Å². The molecular weight excluding hydrogens is 156 g/mol. The predicted octanol–water partition coefficient (Wildman–Crippen LogP) is -0.492. The topological polar surface area (TPSA) is 51.1 Å². The number of rotatable bonds is 1. The Kier molecular flexibility index (Phi) is 2.13. The van der Waals surface area contributed by atoms with Crippen LogP contribution < -0.4 is 4.90 Å². The van der Waals surface area contributed by atoms with Crippen molar-refractivity contribution in [3.8, 4) is 0 Å². The zero-order valence-electron chi connectivity index (χ0n) is 6.60. The molecule has 1 aromatic rings. The minimum absolute atomic E-state index is 0.688. The van der Waals surface area contributed by atoms with Crippen molar-refractivity contribution in [3.05, 3.63) is 12.7 Å². The van der Waals surface area contributed by atoms with Crippen LogP contribution >= 0.6 is 0 Å². The Hall–Kier alpha value is -1.23. The maximum absolute atomic E-state index is 5.20. The fourth-order valence-electron chi connectivity index (χ4n) is 1.12. The monoisotopic (exact) mass is 165 g/mol. The maximum atomic E-state index is 5.20. The molecule has 0 amide bonds. The fraction of sp³-hybridized carbons (Fsp3) is 0.571. The summed E-state index contributed by atoms with van der Waals surface area (Å²) >= 11 is 0. The summed E-state index contributed by atoms with van der Waals surface area (Å²) < 4.78 is 5.20. The molecule has 2 rings (SSSR count). The van der Waals surface area contributed by atoms with Crippen LogP contribution in [0.4, 0.5) is 5.95 Å². The zero-order valence-corrected chi connectivity index (χ0v) is 6.60. The third-order valence-electron chi connectivity index (χ3n) is 1.73. The van der Waals surface area contributed by atoms with Gasteiger partial charge in [0.2, 0.25) is 12.3 Å². The standard InChI is InChI=1S/C7H9N4O/c1-3-12-4-2-11(1)7-9-5-8-6-10-7/h5H,1-4H2. The Morgan fingerprint density at radius 1 is 1.42 bits per heavy atom. The first-order valence-electron chi connectivity index (χ1n) is 3.84. The Balaban J connectivity index is 2.08. The smallest absolute Gasteiger partial charge is 0.229 e. The first-order valence-corrected chi connectivity index (χ1v) is 3.84. The van der Waals surface area contributed by atoms with Crippen molar-refractivity contribution in [2.24, 2.45) is 0 Å². The SMILES string of the molecule is [c]1ncnc(N2CCOCC2)n1. The second-order valence-electron chi connectivity index (χ2n) is 2.48. The van der Waals surface area contributed by atoms with Crippen LogP contribution in [0.25, 0.3) is 0 Å². The highest BCUT2D eigenvalue weighted by atomic mass is 16.5. The third kappa shape index (κ3) is 1.50. The van der Waals surface area contributed by atoms with E-state index in [2.05, 4.69) is 26.2 Å². The van der Waals surface area contributed by atoms with Crippen molar-refractivity contribution in [1.29, 1.82) is 0 Å². The predicted molar refractivity (Wildman–Crippen MR) is 41.7 cm³/mol. The molecule has 1 aliphatic heterocycles. The molecule has 12 heavy (non-hydrogen) atoms. The summed E-state index contributed by atoms with van der Waals surface area (Å²) in [4.78, 5) is 13.6. The summed E-state index contributed by atoms with van der Waals surface area (Å²) in [6.45, 7) is 3.17. The molecule has 1 fully saturated rings. The van der Waals surface area contributed by atoms with E-state index in [0.717, 1.165) is 26.3 Å². The van der Waals surface area contributed by atoms with Gasteiger partial charge in [0.25, 0.3) is 0 Å². The first kappa shape index (κ1) is 7.42. The Morgan fingerprint density at radius 2 is 2.25 bits per heavy atom. The van der Waals surface area contributed by atoms with E-state index >= 15 is 0 Å². The van der Waals surface area contributed by atoms with Crippen molar-refractivity contribution < 1.29 is 4.74 Å². The highest BCUT2D eigenvalue weighted by Gasteiger charge is 2.12. The number of morpholine rings is 1. The summed E-state index contributed by atoms with van der Waals surface area (Å²) in [6.07, 6.45) is 3.97. The van der Waals surface area contributed by atoms with Crippen LogP contribution in [0.15, 0.2) is 6.33 Å². The van der Waals surface area contributed by atoms with E-state index in [-0.39, 0.29) is 0 Å². The van der Waals surface area contributed by atoms with Crippen molar-refractivity contribution in [2.75, 3.05) is 31.2 Å². The number of nitrogens with zero attached hydrogens (tertiary/aromatic N) is 4. The van der Waals surface area contributed by atoms with Gasteiger partial charge in [-0.05, 0) is 0 Å². The Labute approximate surface area is 70.4 Å². The van der Waals surface area contributed by atoms with Gasteiger partial charge in [0, 0.05) is 13.1 Å². The number of hydrogen-bond acceptors (Lipinski definition) is 5. The molecule has 1 radical (unpaired) electrons. The molecule has 0 saturated carbocycles. The highest BCUT2D eigenvalue weighted by molar-refractivity contribution is 5.27. The molecular formula is C7H9N4O. The van der Waals surface area contributed by atoms with E-state index in [4.69, 9.17) is 4.74 Å². The minimum Gasteiger partial charge on any atom is -0.378 e. The number of hydrogen-bond donors (Lipinski definition) is 0. The van der Waals surface area contributed by atoms with Crippen LogP contribution in [0.2, 0.25) is 0 Å². The molecule has 0 spiro atoms. The van der Waals surface area contributed by atoms with Crippen LogP contribution in [-0.4, -0.2) is 41.3 Å². The average Bonchev–Trinajstić information content (AvgIpc) is 2.21. The fourth-order valence-corrected chi connectivity index (χ4v) is 1.12. The summed E-state index contributed by atoms with van der Waals surface area (Å²) in [6, 6.07) is 0. The van der Waals surface area contributed by atoms with E-state index in [9.17, 15) is 0 Å². The lowest BCUT2D eigenvalue weighted by Gasteiger charge is -2.26. The van der Waals surface area contributed by atoms with Gasteiger partial charge in [-0.25, -0.2) is 9.97 Å². The molecule has 0 aromatic carbocycles. The van der Waals surface area contributed by atoms with E-state index < -0.39 is 0 Å². The lowest BCUT2D eigenvalue weighted by molar-refractivity contribution is 0.122. The zero-order chi connectivity index (χ0) is 8.23. The van der Waals surface area contributed by atoms with Gasteiger partial charge in [-0.3, -0.25) is 0 Å². The molecule has 1 saturated heterocycles. The molecule has 0 bridgehead atoms. The molecule has 5 heteroatoms. The number of anilines is 1. The second-order valence-corrected chi connectivity index (χ2v) is 2.48. The number of ether oxygens (including phenoxy) is 1. The lowest BCUT2D eigenvalue weighted by Crippen LogP contribution is -2.37. The van der Waals surface area contributed by atoms with Crippen LogP contribution in [0.5, 0.6) is 0 Å². The Bertz CT molecular complexity index is 234. The molecule has 0 unspecified atom stereocenters. The number of aromatic nitrogens is 3. The third-order valence-corrected chi connectivity index (χ3v) is 1.73. The van der Waals surface area contributed by atoms with Gasteiger partial charge in [0.05, 0.1) is 13.2 Å². The summed E-state index contributed by atoms with van der Waals surface area (Å²) in [5, 5.41) is 0. The van der Waals surface area contributed by atoms with Crippen molar-refractivity contribution in [3.63, 3.8) is 0 Å². The van der Waals surface area contributed by atoms with E-state index in [0.29, 0.717) is 5.95 Å². The maximum Gasteiger partial charge on any atom is 0.229 e. The molecule has 5 nitrogen and oxygen atoms in total.